The third kappa shape index (κ3) is 2.68. The van der Waals surface area contributed by atoms with Gasteiger partial charge in [0.25, 0.3) is 0 Å². The number of nitrogens with zero attached hydrogens (tertiary/aromatic N) is 2. The summed E-state index contributed by atoms with van der Waals surface area (Å²) in [5.74, 6) is 0.663. The average Bonchev–Trinajstić information content (AvgIpc) is 2.92. The fourth-order valence-electron chi connectivity index (χ4n) is 2.29. The SMILES string of the molecule is CC(C)(c1cc(N)nc(-c2ccc3[nH]ccc3c2)n1)S(C)(=O)=O. The molecule has 0 spiro atoms. The van der Waals surface area contributed by atoms with Crippen molar-refractivity contribution in [1.29, 1.82) is 0 Å². The molecule has 23 heavy (non-hydrogen) atoms. The molecule has 3 aromatic rings. The number of aromatic amines is 1. The number of nitrogen functional groups attached to an aromatic ring is 1. The second-order valence-corrected chi connectivity index (χ2v) is 8.63. The Kier molecular flexibility index (Phi) is 3.40. The summed E-state index contributed by atoms with van der Waals surface area (Å²) in [6, 6.07) is 9.22. The van der Waals surface area contributed by atoms with Crippen LogP contribution in [0.4, 0.5) is 5.82 Å². The Balaban J connectivity index is 2.17. The smallest absolute Gasteiger partial charge is 0.161 e. The van der Waals surface area contributed by atoms with Gasteiger partial charge in [0.15, 0.2) is 15.7 Å². The van der Waals surface area contributed by atoms with E-state index in [0.29, 0.717) is 11.5 Å². The lowest BCUT2D eigenvalue weighted by molar-refractivity contribution is 0.556. The van der Waals surface area contributed by atoms with E-state index >= 15 is 0 Å². The van der Waals surface area contributed by atoms with Crippen LogP contribution in [-0.4, -0.2) is 29.6 Å². The number of hydrogen-bond donors (Lipinski definition) is 2. The van der Waals surface area contributed by atoms with Crippen molar-refractivity contribution in [2.45, 2.75) is 18.6 Å². The molecule has 0 aliphatic heterocycles. The second-order valence-electron chi connectivity index (χ2n) is 6.06. The molecule has 0 radical (unpaired) electrons. The van der Waals surface area contributed by atoms with E-state index in [1.807, 2.05) is 30.5 Å². The van der Waals surface area contributed by atoms with Gasteiger partial charge in [0.1, 0.15) is 10.6 Å². The molecule has 0 aliphatic carbocycles. The molecule has 0 amide bonds. The van der Waals surface area contributed by atoms with Crippen LogP contribution >= 0.6 is 0 Å². The molecule has 7 heteroatoms. The van der Waals surface area contributed by atoms with Gasteiger partial charge in [-0.05, 0) is 38.1 Å². The quantitative estimate of drug-likeness (QED) is 0.768. The van der Waals surface area contributed by atoms with Crippen LogP contribution in [0.15, 0.2) is 36.5 Å². The van der Waals surface area contributed by atoms with Crippen molar-refractivity contribution < 1.29 is 8.42 Å². The first-order valence-electron chi connectivity index (χ1n) is 7.10. The first-order chi connectivity index (χ1) is 10.7. The van der Waals surface area contributed by atoms with Gasteiger partial charge in [-0.2, -0.15) is 0 Å². The van der Waals surface area contributed by atoms with Crippen LogP contribution < -0.4 is 5.73 Å². The van der Waals surface area contributed by atoms with Gasteiger partial charge in [0.2, 0.25) is 0 Å². The minimum Gasteiger partial charge on any atom is -0.384 e. The lowest BCUT2D eigenvalue weighted by Gasteiger charge is -2.22. The summed E-state index contributed by atoms with van der Waals surface area (Å²) < 4.78 is 23.0. The zero-order valence-corrected chi connectivity index (χ0v) is 14.0. The maximum atomic E-state index is 12.0. The summed E-state index contributed by atoms with van der Waals surface area (Å²) in [5.41, 5.74) is 8.06. The second kappa shape index (κ2) is 5.06. The van der Waals surface area contributed by atoms with Crippen LogP contribution in [0.25, 0.3) is 22.3 Å². The number of nitrogens with one attached hydrogen (secondary N) is 1. The fraction of sp³-hybridized carbons (Fsp3) is 0.250. The monoisotopic (exact) mass is 330 g/mol. The van der Waals surface area contributed by atoms with Gasteiger partial charge in [-0.1, -0.05) is 0 Å². The van der Waals surface area contributed by atoms with Gasteiger partial charge >= 0.3 is 0 Å². The van der Waals surface area contributed by atoms with Crippen LogP contribution in [0.2, 0.25) is 0 Å². The molecule has 0 aliphatic rings. The summed E-state index contributed by atoms with van der Waals surface area (Å²) >= 11 is 0. The molecule has 0 saturated carbocycles. The minimum atomic E-state index is -3.35. The third-order valence-corrected chi connectivity index (χ3v) is 6.16. The standard InChI is InChI=1S/C16H18N4O2S/c1-16(2,23(3,21)22)13-9-14(17)20-15(19-13)11-4-5-12-10(8-11)6-7-18-12/h4-9,18H,1-3H3,(H2,17,19,20). The summed E-state index contributed by atoms with van der Waals surface area (Å²) in [6.45, 7) is 3.23. The van der Waals surface area contributed by atoms with Gasteiger partial charge in [0, 0.05) is 35.0 Å². The number of rotatable bonds is 3. The fourth-order valence-corrected chi connectivity index (χ4v) is 2.77. The molecule has 0 fully saturated rings. The Morgan fingerprint density at radius 1 is 1.13 bits per heavy atom. The maximum Gasteiger partial charge on any atom is 0.161 e. The van der Waals surface area contributed by atoms with Gasteiger partial charge in [0.05, 0.1) is 5.69 Å². The predicted molar refractivity (Wildman–Crippen MR) is 91.6 cm³/mol. The summed E-state index contributed by atoms with van der Waals surface area (Å²) in [5, 5.41) is 1.03. The van der Waals surface area contributed by atoms with Gasteiger partial charge < -0.3 is 10.7 Å². The molecule has 0 unspecified atom stereocenters. The number of nitrogens with two attached hydrogens (primary N) is 1. The average molecular weight is 330 g/mol. The van der Waals surface area contributed by atoms with E-state index < -0.39 is 14.6 Å². The number of aromatic nitrogens is 3. The lowest BCUT2D eigenvalue weighted by Crippen LogP contribution is -2.29. The largest absolute Gasteiger partial charge is 0.384 e. The first-order valence-corrected chi connectivity index (χ1v) is 9.00. The van der Waals surface area contributed by atoms with Crippen molar-refractivity contribution in [2.75, 3.05) is 12.0 Å². The molecule has 0 atom stereocenters. The van der Waals surface area contributed by atoms with Crippen molar-refractivity contribution in [2.24, 2.45) is 0 Å². The molecule has 3 rings (SSSR count). The molecular weight excluding hydrogens is 312 g/mol. The zero-order chi connectivity index (χ0) is 16.8. The summed E-state index contributed by atoms with van der Waals surface area (Å²) in [4.78, 5) is 11.8. The van der Waals surface area contributed by atoms with Crippen LogP contribution in [-0.2, 0) is 14.6 Å². The predicted octanol–water partition coefficient (Wildman–Crippen LogP) is 2.49. The highest BCUT2D eigenvalue weighted by Crippen LogP contribution is 2.30. The van der Waals surface area contributed by atoms with Crippen molar-refractivity contribution in [1.82, 2.24) is 15.0 Å². The van der Waals surface area contributed by atoms with E-state index in [1.54, 1.807) is 13.8 Å². The molecule has 3 N–H and O–H groups in total. The summed E-state index contributed by atoms with van der Waals surface area (Å²) in [7, 11) is -3.35. The number of benzene rings is 1. The molecule has 2 aromatic heterocycles. The maximum absolute atomic E-state index is 12.0. The van der Waals surface area contributed by atoms with Gasteiger partial charge in [-0.25, -0.2) is 18.4 Å². The van der Waals surface area contributed by atoms with Crippen LogP contribution in [0.5, 0.6) is 0 Å². The van der Waals surface area contributed by atoms with E-state index in [0.717, 1.165) is 16.5 Å². The zero-order valence-electron chi connectivity index (χ0n) is 13.2. The van der Waals surface area contributed by atoms with E-state index in [4.69, 9.17) is 5.73 Å². The number of hydrogen-bond acceptors (Lipinski definition) is 5. The minimum absolute atomic E-state index is 0.246. The molecular formula is C16H18N4O2S. The Bertz CT molecular complexity index is 990. The highest BCUT2D eigenvalue weighted by molar-refractivity contribution is 7.91. The Morgan fingerprint density at radius 3 is 2.57 bits per heavy atom. The number of sulfone groups is 1. The molecule has 0 bridgehead atoms. The highest BCUT2D eigenvalue weighted by Gasteiger charge is 2.34. The number of fused-ring (bicyclic) bond motifs is 1. The Hall–Kier alpha value is -2.41. The van der Waals surface area contributed by atoms with Crippen molar-refractivity contribution in [3.05, 3.63) is 42.2 Å². The molecule has 1 aromatic carbocycles. The van der Waals surface area contributed by atoms with Crippen LogP contribution in [0.3, 0.4) is 0 Å². The molecule has 6 nitrogen and oxygen atoms in total. The van der Waals surface area contributed by atoms with Crippen LogP contribution in [0, 0.1) is 0 Å². The Labute approximate surface area is 134 Å². The molecule has 120 valence electrons. The number of H-pyrrole nitrogens is 1. The van der Waals surface area contributed by atoms with E-state index in [9.17, 15) is 8.42 Å². The van der Waals surface area contributed by atoms with E-state index in [-0.39, 0.29) is 5.82 Å². The first kappa shape index (κ1) is 15.5. The summed E-state index contributed by atoms with van der Waals surface area (Å²) in [6.07, 6.45) is 3.05. The third-order valence-electron chi connectivity index (χ3n) is 4.10. The highest BCUT2D eigenvalue weighted by atomic mass is 32.2. The van der Waals surface area contributed by atoms with Crippen molar-refractivity contribution in [3.63, 3.8) is 0 Å². The number of anilines is 1. The molecule has 0 saturated heterocycles. The van der Waals surface area contributed by atoms with Crippen molar-refractivity contribution >= 4 is 26.6 Å². The molecule has 2 heterocycles. The Morgan fingerprint density at radius 2 is 1.87 bits per heavy atom. The normalized spacial score (nSPS) is 12.7. The van der Waals surface area contributed by atoms with E-state index in [1.165, 1.54) is 12.3 Å². The van der Waals surface area contributed by atoms with Crippen molar-refractivity contribution in [3.8, 4) is 11.4 Å². The lowest BCUT2D eigenvalue weighted by atomic mass is 10.1. The van der Waals surface area contributed by atoms with Gasteiger partial charge in [-0.15, -0.1) is 0 Å². The topological polar surface area (TPSA) is 102 Å². The van der Waals surface area contributed by atoms with E-state index in [2.05, 4.69) is 15.0 Å². The van der Waals surface area contributed by atoms with Gasteiger partial charge in [-0.3, -0.25) is 0 Å². The van der Waals surface area contributed by atoms with Crippen LogP contribution in [0.1, 0.15) is 19.5 Å².